The van der Waals surface area contributed by atoms with Crippen molar-refractivity contribution < 1.29 is 14.4 Å². The van der Waals surface area contributed by atoms with Gasteiger partial charge in [0.05, 0.1) is 0 Å². The molecule has 0 aromatic rings. The van der Waals surface area contributed by atoms with Crippen molar-refractivity contribution in [2.24, 2.45) is 0 Å². The third-order valence-electron chi connectivity index (χ3n) is 0.316. The molecular formula is C4H10Ni. The molecule has 0 aliphatic heterocycles. The normalized spacial score (nSPS) is 9.20. The van der Waals surface area contributed by atoms with Gasteiger partial charge in [0.1, 0.15) is 0 Å². The first-order chi connectivity index (χ1) is 2.41. The molecule has 0 nitrogen and oxygen atoms in total. The Labute approximate surface area is 39.8 Å². The second kappa shape index (κ2) is 4.49. The summed E-state index contributed by atoms with van der Waals surface area (Å²) in [6.45, 7) is 4.37. The Morgan fingerprint density at radius 3 is 1.60 bits per heavy atom. The van der Waals surface area contributed by atoms with E-state index in [0.717, 1.165) is 0 Å². The van der Waals surface area contributed by atoms with E-state index in [1.807, 2.05) is 14.4 Å². The van der Waals surface area contributed by atoms with Gasteiger partial charge in [-0.05, 0) is 0 Å². The Balaban J connectivity index is 2.19. The van der Waals surface area contributed by atoms with Gasteiger partial charge in [-0.15, -0.1) is 0 Å². The van der Waals surface area contributed by atoms with E-state index < -0.39 is 0 Å². The molecule has 0 spiro atoms. The van der Waals surface area contributed by atoms with Crippen LogP contribution in [0.2, 0.25) is 10.8 Å². The predicted molar refractivity (Wildman–Crippen MR) is 21.0 cm³/mol. The molecule has 0 aromatic heterocycles. The average molecular weight is 117 g/mol. The van der Waals surface area contributed by atoms with Crippen LogP contribution >= 0.6 is 0 Å². The van der Waals surface area contributed by atoms with Gasteiger partial charge in [-0.1, -0.05) is 0 Å². The zero-order chi connectivity index (χ0) is 4.12. The van der Waals surface area contributed by atoms with Gasteiger partial charge in [0, 0.05) is 0 Å². The molecule has 0 saturated heterocycles. The molecule has 0 N–H and O–H groups in total. The van der Waals surface area contributed by atoms with Gasteiger partial charge in [0.15, 0.2) is 0 Å². The van der Waals surface area contributed by atoms with Crippen LogP contribution in [0.1, 0.15) is 13.8 Å². The van der Waals surface area contributed by atoms with Crippen molar-refractivity contribution in [2.45, 2.75) is 24.6 Å². The van der Waals surface area contributed by atoms with Gasteiger partial charge in [0.2, 0.25) is 0 Å². The van der Waals surface area contributed by atoms with Crippen molar-refractivity contribution in [3.05, 3.63) is 0 Å². The first-order valence-electron chi connectivity index (χ1n) is 1.86. The topological polar surface area (TPSA) is 0 Å². The van der Waals surface area contributed by atoms with Crippen LogP contribution in [0.15, 0.2) is 0 Å². The van der Waals surface area contributed by atoms with Crippen LogP contribution in [-0.2, 0) is 14.4 Å². The van der Waals surface area contributed by atoms with Gasteiger partial charge >= 0.3 is 39.1 Å². The van der Waals surface area contributed by atoms with E-state index in [1.165, 1.54) is 10.8 Å². The van der Waals surface area contributed by atoms with Crippen LogP contribution in [0.25, 0.3) is 0 Å². The standard InChI is InChI=1S/2C2H5.Ni/c2*1-2;/h2*1H2,2H3;. The minimum atomic E-state index is 1.28. The van der Waals surface area contributed by atoms with Crippen LogP contribution in [0.4, 0.5) is 0 Å². The van der Waals surface area contributed by atoms with Crippen molar-refractivity contribution in [1.29, 1.82) is 0 Å². The van der Waals surface area contributed by atoms with E-state index in [9.17, 15) is 0 Å². The summed E-state index contributed by atoms with van der Waals surface area (Å²) in [6, 6.07) is 0. The van der Waals surface area contributed by atoms with Crippen LogP contribution in [-0.4, -0.2) is 0 Å². The second-order valence-electron chi connectivity index (χ2n) is 0.605. The molecule has 0 saturated carbocycles. The number of hydrogen-bond donors (Lipinski definition) is 0. The van der Waals surface area contributed by atoms with Gasteiger partial charge < -0.3 is 0 Å². The molecule has 0 atom stereocenters. The third kappa shape index (κ3) is 4.49. The van der Waals surface area contributed by atoms with E-state index >= 15 is 0 Å². The van der Waals surface area contributed by atoms with Gasteiger partial charge in [0.25, 0.3) is 0 Å². The van der Waals surface area contributed by atoms with Crippen LogP contribution < -0.4 is 0 Å². The Morgan fingerprint density at radius 2 is 1.60 bits per heavy atom. The maximum absolute atomic E-state index is 2.18. The van der Waals surface area contributed by atoms with Crippen molar-refractivity contribution in [3.8, 4) is 0 Å². The summed E-state index contributed by atoms with van der Waals surface area (Å²) in [5, 5.41) is 2.56. The molecule has 0 rings (SSSR count). The van der Waals surface area contributed by atoms with E-state index in [4.69, 9.17) is 0 Å². The fourth-order valence-corrected chi connectivity index (χ4v) is 0.652. The van der Waals surface area contributed by atoms with Crippen LogP contribution in [0.5, 0.6) is 0 Å². The molecule has 36 valence electrons. The molecule has 0 fully saturated rings. The van der Waals surface area contributed by atoms with Crippen molar-refractivity contribution >= 4 is 0 Å². The quantitative estimate of drug-likeness (QED) is 0.484. The minimum absolute atomic E-state index is 1.28. The molecule has 5 heavy (non-hydrogen) atoms. The predicted octanol–water partition coefficient (Wildman–Crippen LogP) is 1.95. The summed E-state index contributed by atoms with van der Waals surface area (Å²) in [5.41, 5.74) is 0. The molecule has 0 amide bonds. The molecule has 0 heterocycles. The first kappa shape index (κ1) is 5.49. The fraction of sp³-hybridized carbons (Fsp3) is 1.00. The van der Waals surface area contributed by atoms with Crippen molar-refractivity contribution in [1.82, 2.24) is 0 Å². The third-order valence-corrected chi connectivity index (χ3v) is 1.30. The molecule has 1 heteroatoms. The summed E-state index contributed by atoms with van der Waals surface area (Å²) in [4.78, 5) is 0. The molecule has 0 aliphatic carbocycles. The van der Waals surface area contributed by atoms with E-state index in [0.29, 0.717) is 0 Å². The Kier molecular flexibility index (Phi) is 4.94. The van der Waals surface area contributed by atoms with Gasteiger partial charge in [-0.3, -0.25) is 0 Å². The summed E-state index contributed by atoms with van der Waals surface area (Å²) < 4.78 is 0. The van der Waals surface area contributed by atoms with Crippen LogP contribution in [0, 0.1) is 0 Å². The molecule has 0 bridgehead atoms. The average Bonchev–Trinajstić information content (AvgIpc) is 1.41. The van der Waals surface area contributed by atoms with Gasteiger partial charge in [-0.25, -0.2) is 0 Å². The van der Waals surface area contributed by atoms with E-state index in [-0.39, 0.29) is 0 Å². The SMILES string of the molecule is C[CH2][Ni][CH2]C. The monoisotopic (exact) mass is 116 g/mol. The Bertz CT molecular complexity index is 11.1. The summed E-state index contributed by atoms with van der Waals surface area (Å²) in [7, 11) is 0. The maximum atomic E-state index is 2.18. The second-order valence-corrected chi connectivity index (χ2v) is 2.50. The summed E-state index contributed by atoms with van der Waals surface area (Å²) in [6.07, 6.45) is 0. The fourth-order valence-electron chi connectivity index (χ4n) is 0.158. The van der Waals surface area contributed by atoms with Crippen molar-refractivity contribution in [2.75, 3.05) is 0 Å². The zero-order valence-electron chi connectivity index (χ0n) is 3.73. The van der Waals surface area contributed by atoms with E-state index in [1.54, 1.807) is 0 Å². The van der Waals surface area contributed by atoms with Gasteiger partial charge in [-0.2, -0.15) is 0 Å². The molecule has 0 radical (unpaired) electrons. The molecule has 0 aliphatic rings. The number of hydrogen-bond acceptors (Lipinski definition) is 0. The van der Waals surface area contributed by atoms with Crippen molar-refractivity contribution in [3.63, 3.8) is 0 Å². The zero-order valence-corrected chi connectivity index (χ0v) is 4.72. The summed E-state index contributed by atoms with van der Waals surface area (Å²) in [5.74, 6) is 0. The summed E-state index contributed by atoms with van der Waals surface area (Å²) >= 11 is 1.82. The molecule has 0 aromatic carbocycles. The molecule has 0 unspecified atom stereocenters. The van der Waals surface area contributed by atoms with E-state index in [2.05, 4.69) is 13.8 Å². The first-order valence-corrected chi connectivity index (χ1v) is 3.26. The Morgan fingerprint density at radius 1 is 1.20 bits per heavy atom. The van der Waals surface area contributed by atoms with Crippen LogP contribution in [0.3, 0.4) is 0 Å². The Hall–Kier alpha value is 0.494. The molecular weight excluding hydrogens is 107 g/mol. The number of rotatable bonds is 2.